The Labute approximate surface area is 132 Å². The predicted molar refractivity (Wildman–Crippen MR) is 85.4 cm³/mol. The molecule has 1 aliphatic carbocycles. The number of hydrogen-bond donors (Lipinski definition) is 0. The van der Waals surface area contributed by atoms with Crippen LogP contribution >= 0.6 is 27.5 Å². The molecule has 0 fully saturated rings. The lowest BCUT2D eigenvalue weighted by Crippen LogP contribution is -2.22. The van der Waals surface area contributed by atoms with Crippen LogP contribution in [0.25, 0.3) is 0 Å². The Kier molecular flexibility index (Phi) is 3.95. The molecule has 0 spiro atoms. The Morgan fingerprint density at radius 2 is 1.90 bits per heavy atom. The molecule has 0 amide bonds. The molecule has 1 aliphatic rings. The summed E-state index contributed by atoms with van der Waals surface area (Å²) in [6, 6.07) is 13.8. The fraction of sp³-hybridized carbons (Fsp3) is 0.235. The average Bonchev–Trinajstić information content (AvgIpc) is 2.49. The number of hydrogen-bond acceptors (Lipinski definition) is 1. The number of rotatable bonds is 2. The van der Waals surface area contributed by atoms with Crippen molar-refractivity contribution in [2.24, 2.45) is 5.92 Å². The zero-order valence-corrected chi connectivity index (χ0v) is 13.2. The molecule has 0 aliphatic heterocycles. The minimum atomic E-state index is 0.0714. The Bertz CT molecular complexity index is 666. The van der Waals surface area contributed by atoms with E-state index in [1.54, 1.807) is 6.07 Å². The topological polar surface area (TPSA) is 17.1 Å². The maximum absolute atomic E-state index is 12.6. The third-order valence-corrected chi connectivity index (χ3v) is 5.15. The maximum Gasteiger partial charge on any atom is 0.166 e. The van der Waals surface area contributed by atoms with Gasteiger partial charge in [0.15, 0.2) is 5.78 Å². The number of benzene rings is 2. The van der Waals surface area contributed by atoms with E-state index in [1.807, 2.05) is 18.2 Å². The van der Waals surface area contributed by atoms with E-state index < -0.39 is 0 Å². The summed E-state index contributed by atoms with van der Waals surface area (Å²) in [4.78, 5) is 12.6. The van der Waals surface area contributed by atoms with Gasteiger partial charge in [0.2, 0.25) is 0 Å². The van der Waals surface area contributed by atoms with Crippen molar-refractivity contribution in [3.63, 3.8) is 0 Å². The quantitative estimate of drug-likeness (QED) is 0.690. The molecule has 0 bridgehead atoms. The number of fused-ring (bicyclic) bond motifs is 1. The van der Waals surface area contributed by atoms with Crippen LogP contribution in [-0.2, 0) is 12.8 Å². The van der Waals surface area contributed by atoms with Gasteiger partial charge in [-0.25, -0.2) is 0 Å². The third-order valence-electron chi connectivity index (χ3n) is 3.92. The number of carbonyl (C=O) groups excluding carboxylic acids is 1. The van der Waals surface area contributed by atoms with Gasteiger partial charge in [0.05, 0.1) is 5.02 Å². The largest absolute Gasteiger partial charge is 0.294 e. The molecule has 2 aromatic rings. The highest BCUT2D eigenvalue weighted by Crippen LogP contribution is 2.30. The maximum atomic E-state index is 12.6. The zero-order valence-electron chi connectivity index (χ0n) is 10.9. The van der Waals surface area contributed by atoms with Crippen LogP contribution in [0.5, 0.6) is 0 Å². The first-order valence-electron chi connectivity index (χ1n) is 6.71. The van der Waals surface area contributed by atoms with E-state index in [0.717, 1.165) is 23.7 Å². The van der Waals surface area contributed by atoms with Crippen LogP contribution in [-0.4, -0.2) is 5.78 Å². The lowest BCUT2D eigenvalue weighted by atomic mass is 9.80. The van der Waals surface area contributed by atoms with Crippen molar-refractivity contribution in [1.29, 1.82) is 0 Å². The Morgan fingerprint density at radius 1 is 1.15 bits per heavy atom. The van der Waals surface area contributed by atoms with Crippen LogP contribution in [0.3, 0.4) is 0 Å². The van der Waals surface area contributed by atoms with Gasteiger partial charge in [0.1, 0.15) is 0 Å². The van der Waals surface area contributed by atoms with Crippen molar-refractivity contribution in [2.75, 3.05) is 0 Å². The van der Waals surface area contributed by atoms with Crippen molar-refractivity contribution in [3.8, 4) is 0 Å². The second-order valence-corrected chi connectivity index (χ2v) is 6.46. The Hall–Kier alpha value is -1.12. The first-order chi connectivity index (χ1) is 9.65. The SMILES string of the molecule is O=C(c1ccc(Br)c(Cl)c1)C1CCc2ccccc2C1. The molecule has 20 heavy (non-hydrogen) atoms. The molecule has 2 aromatic carbocycles. The monoisotopic (exact) mass is 348 g/mol. The van der Waals surface area contributed by atoms with Crippen molar-refractivity contribution in [3.05, 3.63) is 68.7 Å². The summed E-state index contributed by atoms with van der Waals surface area (Å²) in [5.74, 6) is 0.274. The highest BCUT2D eigenvalue weighted by molar-refractivity contribution is 9.10. The molecular weight excluding hydrogens is 336 g/mol. The van der Waals surface area contributed by atoms with Crippen LogP contribution < -0.4 is 0 Å². The summed E-state index contributed by atoms with van der Waals surface area (Å²) >= 11 is 9.43. The molecule has 3 rings (SSSR count). The minimum absolute atomic E-state index is 0.0714. The van der Waals surface area contributed by atoms with Crippen molar-refractivity contribution in [1.82, 2.24) is 0 Å². The van der Waals surface area contributed by atoms with Crippen LogP contribution in [0.4, 0.5) is 0 Å². The van der Waals surface area contributed by atoms with Crippen LogP contribution in [0.1, 0.15) is 27.9 Å². The van der Waals surface area contributed by atoms with Crippen molar-refractivity contribution >= 4 is 33.3 Å². The first kappa shape index (κ1) is 13.8. The van der Waals surface area contributed by atoms with Gasteiger partial charge in [-0.1, -0.05) is 41.9 Å². The molecule has 1 unspecified atom stereocenters. The second-order valence-electron chi connectivity index (χ2n) is 5.20. The number of carbonyl (C=O) groups is 1. The lowest BCUT2D eigenvalue weighted by molar-refractivity contribution is 0.0908. The number of aryl methyl sites for hydroxylation is 1. The van der Waals surface area contributed by atoms with E-state index in [1.165, 1.54) is 11.1 Å². The molecule has 1 nitrogen and oxygen atoms in total. The summed E-state index contributed by atoms with van der Waals surface area (Å²) < 4.78 is 0.824. The molecule has 0 saturated heterocycles. The molecule has 1 atom stereocenters. The molecule has 0 heterocycles. The molecule has 0 aromatic heterocycles. The standard InChI is InChI=1S/C17H14BrClO/c18-15-8-7-14(10-16(15)19)17(20)13-6-5-11-3-1-2-4-12(11)9-13/h1-4,7-8,10,13H,5-6,9H2. The van der Waals surface area contributed by atoms with E-state index in [-0.39, 0.29) is 11.7 Å². The summed E-state index contributed by atoms with van der Waals surface area (Å²) in [5, 5.41) is 0.590. The second kappa shape index (κ2) is 5.71. The molecule has 0 radical (unpaired) electrons. The third kappa shape index (κ3) is 2.68. The van der Waals surface area contributed by atoms with E-state index in [0.29, 0.717) is 10.6 Å². The average molecular weight is 350 g/mol. The van der Waals surface area contributed by atoms with Crippen molar-refractivity contribution in [2.45, 2.75) is 19.3 Å². The van der Waals surface area contributed by atoms with Gasteiger partial charge in [-0.15, -0.1) is 0 Å². The van der Waals surface area contributed by atoms with Crippen LogP contribution in [0.2, 0.25) is 5.02 Å². The molecule has 102 valence electrons. The first-order valence-corrected chi connectivity index (χ1v) is 7.88. The van der Waals surface area contributed by atoms with Gasteiger partial charge in [-0.05, 0) is 58.5 Å². The van der Waals surface area contributed by atoms with Crippen molar-refractivity contribution < 1.29 is 4.79 Å². The van der Waals surface area contributed by atoms with Gasteiger partial charge in [-0.3, -0.25) is 4.79 Å². The number of halogens is 2. The van der Waals surface area contributed by atoms with E-state index in [2.05, 4.69) is 34.1 Å². The fourth-order valence-corrected chi connectivity index (χ4v) is 3.23. The minimum Gasteiger partial charge on any atom is -0.294 e. The van der Waals surface area contributed by atoms with Crippen LogP contribution in [0, 0.1) is 5.92 Å². The predicted octanol–water partition coefficient (Wildman–Crippen LogP) is 5.09. The fourth-order valence-electron chi connectivity index (χ4n) is 2.81. The number of Topliss-reactive ketones (excluding diaryl/α,β-unsaturated/α-hetero) is 1. The van der Waals surface area contributed by atoms with Gasteiger partial charge in [-0.2, -0.15) is 0 Å². The Morgan fingerprint density at radius 3 is 2.65 bits per heavy atom. The number of ketones is 1. The summed E-state index contributed by atoms with van der Waals surface area (Å²) in [6.45, 7) is 0. The van der Waals surface area contributed by atoms with Gasteiger partial charge in [0.25, 0.3) is 0 Å². The van der Waals surface area contributed by atoms with E-state index in [9.17, 15) is 4.79 Å². The highest BCUT2D eigenvalue weighted by atomic mass is 79.9. The molecular formula is C17H14BrClO. The summed E-state index contributed by atoms with van der Waals surface area (Å²) in [6.07, 6.45) is 2.74. The summed E-state index contributed by atoms with van der Waals surface area (Å²) in [7, 11) is 0. The normalized spacial score (nSPS) is 17.6. The van der Waals surface area contributed by atoms with Crippen LogP contribution in [0.15, 0.2) is 46.9 Å². The summed E-state index contributed by atoms with van der Waals surface area (Å²) in [5.41, 5.74) is 3.40. The van der Waals surface area contributed by atoms with E-state index >= 15 is 0 Å². The molecule has 3 heteroatoms. The zero-order chi connectivity index (χ0) is 14.1. The van der Waals surface area contributed by atoms with Gasteiger partial charge in [0, 0.05) is 16.0 Å². The molecule has 0 saturated carbocycles. The van der Waals surface area contributed by atoms with Gasteiger partial charge >= 0.3 is 0 Å². The molecule has 0 N–H and O–H groups in total. The lowest BCUT2D eigenvalue weighted by Gasteiger charge is -2.23. The van der Waals surface area contributed by atoms with E-state index in [4.69, 9.17) is 11.6 Å². The smallest absolute Gasteiger partial charge is 0.166 e. The Balaban J connectivity index is 1.84. The van der Waals surface area contributed by atoms with Gasteiger partial charge < -0.3 is 0 Å². The highest BCUT2D eigenvalue weighted by Gasteiger charge is 2.25.